The quantitative estimate of drug-likeness (QED) is 0.935. The van der Waals surface area contributed by atoms with Gasteiger partial charge in [-0.2, -0.15) is 0 Å². The summed E-state index contributed by atoms with van der Waals surface area (Å²) in [6, 6.07) is 15.7. The summed E-state index contributed by atoms with van der Waals surface area (Å²) in [6.07, 6.45) is 1.10. The molecule has 0 radical (unpaired) electrons. The third kappa shape index (κ3) is 3.76. The molecular weight excluding hydrogens is 284 g/mol. The summed E-state index contributed by atoms with van der Waals surface area (Å²) in [5.74, 6) is 1.83. The highest BCUT2D eigenvalue weighted by Gasteiger charge is 2.06. The van der Waals surface area contributed by atoms with Crippen LogP contribution in [0.1, 0.15) is 17.5 Å². The zero-order chi connectivity index (χ0) is 14.5. The van der Waals surface area contributed by atoms with E-state index in [1.165, 1.54) is 0 Å². The molecule has 1 heterocycles. The van der Waals surface area contributed by atoms with E-state index in [-0.39, 0.29) is 0 Å². The van der Waals surface area contributed by atoms with Gasteiger partial charge in [-0.3, -0.25) is 4.99 Å². The van der Waals surface area contributed by atoms with Crippen LogP contribution in [-0.2, 0) is 6.61 Å². The number of halogens is 1. The number of nitrogens with one attached hydrogen (secondary N) is 1. The fourth-order valence-corrected chi connectivity index (χ4v) is 2.31. The Kier molecular flexibility index (Phi) is 4.41. The molecule has 3 nitrogen and oxygen atoms in total. The number of hydrogen-bond donors (Lipinski definition) is 1. The highest BCUT2D eigenvalue weighted by atomic mass is 35.5. The lowest BCUT2D eigenvalue weighted by Crippen LogP contribution is -2.30. The highest BCUT2D eigenvalue weighted by Crippen LogP contribution is 2.16. The van der Waals surface area contributed by atoms with Gasteiger partial charge >= 0.3 is 0 Å². The number of nitrogens with zero attached hydrogens (tertiary/aromatic N) is 1. The van der Waals surface area contributed by atoms with Crippen molar-refractivity contribution in [3.8, 4) is 5.75 Å². The SMILES string of the molecule is Clc1ccc(COc2ccc(C3=NCCCN3)cc2)cc1. The molecule has 21 heavy (non-hydrogen) atoms. The smallest absolute Gasteiger partial charge is 0.128 e. The van der Waals surface area contributed by atoms with Crippen molar-refractivity contribution in [2.24, 2.45) is 4.99 Å². The number of rotatable bonds is 4. The molecule has 0 unspecified atom stereocenters. The van der Waals surface area contributed by atoms with Gasteiger partial charge in [0, 0.05) is 23.7 Å². The van der Waals surface area contributed by atoms with E-state index < -0.39 is 0 Å². The van der Waals surface area contributed by atoms with Crippen LogP contribution in [-0.4, -0.2) is 18.9 Å². The molecule has 0 spiro atoms. The van der Waals surface area contributed by atoms with Crippen LogP contribution in [0.2, 0.25) is 5.02 Å². The van der Waals surface area contributed by atoms with Crippen molar-refractivity contribution < 1.29 is 4.74 Å². The molecule has 0 atom stereocenters. The van der Waals surface area contributed by atoms with E-state index in [2.05, 4.69) is 10.3 Å². The van der Waals surface area contributed by atoms with Gasteiger partial charge in [0.2, 0.25) is 0 Å². The first-order valence-electron chi connectivity index (χ1n) is 7.07. The largest absolute Gasteiger partial charge is 0.489 e. The van der Waals surface area contributed by atoms with Crippen molar-refractivity contribution in [2.75, 3.05) is 13.1 Å². The molecule has 1 aliphatic rings. The number of hydrogen-bond acceptors (Lipinski definition) is 3. The molecule has 2 aromatic carbocycles. The summed E-state index contributed by atoms with van der Waals surface area (Å²) >= 11 is 5.86. The van der Waals surface area contributed by atoms with Crippen LogP contribution in [0.4, 0.5) is 0 Å². The number of aliphatic imine (C=N–C) groups is 1. The number of amidine groups is 1. The first-order valence-corrected chi connectivity index (χ1v) is 7.45. The zero-order valence-electron chi connectivity index (χ0n) is 11.7. The number of benzene rings is 2. The van der Waals surface area contributed by atoms with Gasteiger partial charge in [-0.15, -0.1) is 0 Å². The van der Waals surface area contributed by atoms with Crippen LogP contribution in [0, 0.1) is 0 Å². The van der Waals surface area contributed by atoms with Gasteiger partial charge in [0.05, 0.1) is 0 Å². The monoisotopic (exact) mass is 300 g/mol. The summed E-state index contributed by atoms with van der Waals surface area (Å²) in [5.41, 5.74) is 2.20. The van der Waals surface area contributed by atoms with E-state index in [1.54, 1.807) is 0 Å². The normalized spacial score (nSPS) is 14.2. The molecule has 3 rings (SSSR count). The Morgan fingerprint density at radius 2 is 1.81 bits per heavy atom. The van der Waals surface area contributed by atoms with Crippen molar-refractivity contribution in [3.05, 3.63) is 64.7 Å². The molecular formula is C17H17ClN2O. The lowest BCUT2D eigenvalue weighted by atomic mass is 10.1. The summed E-state index contributed by atoms with van der Waals surface area (Å²) in [5, 5.41) is 4.05. The van der Waals surface area contributed by atoms with Crippen LogP contribution in [0.15, 0.2) is 53.5 Å². The molecule has 0 aromatic heterocycles. The first kappa shape index (κ1) is 14.0. The lowest BCUT2D eigenvalue weighted by Gasteiger charge is -2.15. The third-order valence-corrected chi connectivity index (χ3v) is 3.60. The molecule has 0 saturated heterocycles. The second-order valence-corrected chi connectivity index (χ2v) is 5.39. The topological polar surface area (TPSA) is 33.6 Å². The van der Waals surface area contributed by atoms with Crippen LogP contribution in [0.3, 0.4) is 0 Å². The Morgan fingerprint density at radius 1 is 1.05 bits per heavy atom. The summed E-state index contributed by atoms with van der Waals surface area (Å²) < 4.78 is 5.77. The average molecular weight is 301 g/mol. The maximum Gasteiger partial charge on any atom is 0.128 e. The van der Waals surface area contributed by atoms with E-state index in [4.69, 9.17) is 16.3 Å². The molecule has 1 N–H and O–H groups in total. The van der Waals surface area contributed by atoms with E-state index in [0.717, 1.165) is 47.2 Å². The number of ether oxygens (including phenoxy) is 1. The Labute approximate surface area is 129 Å². The maximum atomic E-state index is 5.86. The second kappa shape index (κ2) is 6.64. The molecule has 0 fully saturated rings. The lowest BCUT2D eigenvalue weighted by molar-refractivity contribution is 0.306. The van der Waals surface area contributed by atoms with Crippen LogP contribution in [0.25, 0.3) is 0 Å². The third-order valence-electron chi connectivity index (χ3n) is 3.34. The average Bonchev–Trinajstić information content (AvgIpc) is 2.56. The van der Waals surface area contributed by atoms with Crippen LogP contribution in [0.5, 0.6) is 5.75 Å². The van der Waals surface area contributed by atoms with Gasteiger partial charge < -0.3 is 10.1 Å². The van der Waals surface area contributed by atoms with Gasteiger partial charge in [0.15, 0.2) is 0 Å². The van der Waals surface area contributed by atoms with Crippen LogP contribution < -0.4 is 10.1 Å². The van der Waals surface area contributed by atoms with Crippen LogP contribution >= 0.6 is 11.6 Å². The summed E-state index contributed by atoms with van der Waals surface area (Å²) in [7, 11) is 0. The Bertz CT molecular complexity index is 620. The van der Waals surface area contributed by atoms with E-state index in [9.17, 15) is 0 Å². The molecule has 0 aliphatic carbocycles. The predicted molar refractivity (Wildman–Crippen MR) is 86.2 cm³/mol. The minimum absolute atomic E-state index is 0.537. The van der Waals surface area contributed by atoms with Crippen molar-refractivity contribution in [1.82, 2.24) is 5.32 Å². The van der Waals surface area contributed by atoms with Gasteiger partial charge in [-0.05, 0) is 48.4 Å². The Morgan fingerprint density at radius 3 is 2.48 bits per heavy atom. The molecule has 0 bridgehead atoms. The van der Waals surface area contributed by atoms with E-state index >= 15 is 0 Å². The molecule has 1 aliphatic heterocycles. The molecule has 108 valence electrons. The van der Waals surface area contributed by atoms with E-state index in [0.29, 0.717) is 6.61 Å². The van der Waals surface area contributed by atoms with Crippen molar-refractivity contribution >= 4 is 17.4 Å². The molecule has 0 saturated carbocycles. The minimum atomic E-state index is 0.537. The Balaban J connectivity index is 1.61. The standard InChI is InChI=1S/C17H17ClN2O/c18-15-6-2-13(3-7-15)12-21-16-8-4-14(5-9-16)17-19-10-1-11-20-17/h2-9H,1,10-12H2,(H,19,20). The summed E-state index contributed by atoms with van der Waals surface area (Å²) in [4.78, 5) is 4.48. The highest BCUT2D eigenvalue weighted by molar-refractivity contribution is 6.30. The fraction of sp³-hybridized carbons (Fsp3) is 0.235. The van der Waals surface area contributed by atoms with E-state index in [1.807, 2.05) is 48.5 Å². The molecule has 4 heteroatoms. The predicted octanol–water partition coefficient (Wildman–Crippen LogP) is 3.66. The van der Waals surface area contributed by atoms with Gasteiger partial charge in [0.1, 0.15) is 18.2 Å². The van der Waals surface area contributed by atoms with Crippen molar-refractivity contribution in [2.45, 2.75) is 13.0 Å². The van der Waals surface area contributed by atoms with Crippen molar-refractivity contribution in [3.63, 3.8) is 0 Å². The zero-order valence-corrected chi connectivity index (χ0v) is 12.4. The fourth-order valence-electron chi connectivity index (χ4n) is 2.18. The van der Waals surface area contributed by atoms with Gasteiger partial charge in [-0.1, -0.05) is 23.7 Å². The maximum absolute atomic E-state index is 5.86. The molecule has 2 aromatic rings. The minimum Gasteiger partial charge on any atom is -0.489 e. The second-order valence-electron chi connectivity index (χ2n) is 4.95. The first-order chi connectivity index (χ1) is 10.3. The molecule has 0 amide bonds. The van der Waals surface area contributed by atoms with Crippen molar-refractivity contribution in [1.29, 1.82) is 0 Å². The summed E-state index contributed by atoms with van der Waals surface area (Å²) in [6.45, 7) is 2.43. The Hall–Kier alpha value is -2.00. The van der Waals surface area contributed by atoms with Gasteiger partial charge in [0.25, 0.3) is 0 Å². The van der Waals surface area contributed by atoms with Gasteiger partial charge in [-0.25, -0.2) is 0 Å².